The van der Waals surface area contributed by atoms with Gasteiger partial charge in [-0.15, -0.1) is 0 Å². The summed E-state index contributed by atoms with van der Waals surface area (Å²) in [7, 11) is 1.84. The minimum absolute atomic E-state index is 0.216. The third kappa shape index (κ3) is 4.18. The third-order valence-electron chi connectivity index (χ3n) is 5.55. The van der Waals surface area contributed by atoms with Crippen LogP contribution >= 0.6 is 0 Å². The van der Waals surface area contributed by atoms with E-state index in [0.717, 1.165) is 11.3 Å². The molecule has 1 aromatic carbocycles. The molecular weight excluding hydrogens is 410 g/mol. The van der Waals surface area contributed by atoms with Gasteiger partial charge in [0.15, 0.2) is 0 Å². The molecule has 6 N–H and O–H groups in total. The van der Waals surface area contributed by atoms with Gasteiger partial charge in [-0.3, -0.25) is 24.7 Å². The normalized spacial score (nSPS) is 18.6. The van der Waals surface area contributed by atoms with Crippen molar-refractivity contribution in [1.29, 1.82) is 0 Å². The lowest BCUT2D eigenvalue weighted by Gasteiger charge is -2.29. The maximum atomic E-state index is 12.8. The van der Waals surface area contributed by atoms with Gasteiger partial charge in [-0.05, 0) is 48.9 Å². The number of nitrogens with two attached hydrogens (primary N) is 2. The van der Waals surface area contributed by atoms with E-state index in [1.54, 1.807) is 24.4 Å². The van der Waals surface area contributed by atoms with E-state index in [2.05, 4.69) is 15.6 Å². The Labute approximate surface area is 185 Å². The van der Waals surface area contributed by atoms with Crippen molar-refractivity contribution in [3.63, 3.8) is 0 Å². The SMILES string of the molecule is CNCc1cccc(N(N)/C=C(\N)c2ccc3c(c2)CN(C2CCC(=O)NC2=O)C3=O)n1. The van der Waals surface area contributed by atoms with E-state index in [4.69, 9.17) is 11.6 Å². The second-order valence-electron chi connectivity index (χ2n) is 7.78. The summed E-state index contributed by atoms with van der Waals surface area (Å²) < 4.78 is 0. The molecule has 32 heavy (non-hydrogen) atoms. The number of nitrogens with zero attached hydrogens (tertiary/aromatic N) is 3. The lowest BCUT2D eigenvalue weighted by Crippen LogP contribution is -2.52. The molecule has 4 rings (SSSR count). The molecule has 0 saturated carbocycles. The van der Waals surface area contributed by atoms with Gasteiger partial charge in [0.05, 0.1) is 11.4 Å². The van der Waals surface area contributed by atoms with Crippen LogP contribution in [0.2, 0.25) is 0 Å². The number of carbonyl (C=O) groups excluding carboxylic acids is 3. The topological polar surface area (TPSA) is 147 Å². The maximum absolute atomic E-state index is 12.8. The van der Waals surface area contributed by atoms with Crippen molar-refractivity contribution in [3.8, 4) is 0 Å². The molecule has 0 bridgehead atoms. The molecule has 1 saturated heterocycles. The fourth-order valence-corrected chi connectivity index (χ4v) is 3.93. The number of carbonyl (C=O) groups is 3. The zero-order valence-electron chi connectivity index (χ0n) is 17.7. The van der Waals surface area contributed by atoms with Crippen LogP contribution in [0.15, 0.2) is 42.6 Å². The first kappa shape index (κ1) is 21.5. The summed E-state index contributed by atoms with van der Waals surface area (Å²) in [6.45, 7) is 0.894. The Morgan fingerprint density at radius 1 is 1.31 bits per heavy atom. The Hall–Kier alpha value is -3.76. The molecule has 2 aliphatic heterocycles. The molecule has 3 heterocycles. The van der Waals surface area contributed by atoms with Crippen molar-refractivity contribution in [2.24, 2.45) is 11.6 Å². The van der Waals surface area contributed by atoms with Crippen LogP contribution in [0.3, 0.4) is 0 Å². The quantitative estimate of drug-likeness (QED) is 0.286. The van der Waals surface area contributed by atoms with Crippen molar-refractivity contribution in [1.82, 2.24) is 20.5 Å². The van der Waals surface area contributed by atoms with E-state index >= 15 is 0 Å². The van der Waals surface area contributed by atoms with E-state index in [1.807, 2.05) is 25.2 Å². The van der Waals surface area contributed by atoms with E-state index in [9.17, 15) is 14.4 Å². The van der Waals surface area contributed by atoms with Gasteiger partial charge in [0.25, 0.3) is 5.91 Å². The Bertz CT molecular complexity index is 1110. The molecule has 0 spiro atoms. The number of aromatic nitrogens is 1. The van der Waals surface area contributed by atoms with Crippen LogP contribution in [0.25, 0.3) is 5.70 Å². The van der Waals surface area contributed by atoms with Crippen LogP contribution < -0.4 is 27.2 Å². The minimum Gasteiger partial charge on any atom is -0.397 e. The number of piperidine rings is 1. The van der Waals surface area contributed by atoms with Crippen molar-refractivity contribution >= 4 is 29.2 Å². The average Bonchev–Trinajstić information content (AvgIpc) is 3.09. The summed E-state index contributed by atoms with van der Waals surface area (Å²) >= 11 is 0. The lowest BCUT2D eigenvalue weighted by molar-refractivity contribution is -0.136. The standard InChI is InChI=1S/C22H25N7O3/c1-25-10-15-3-2-4-19(26-15)29(24)12-17(23)13-5-6-16-14(9-13)11-28(22(16)32)18-7-8-20(30)27-21(18)31/h2-6,9,12,18,25H,7-8,10-11,23-24H2,1H3,(H,27,30,31)/b17-12-. The number of pyridine rings is 1. The molecular formula is C22H25N7O3. The fraction of sp³-hybridized carbons (Fsp3) is 0.273. The Morgan fingerprint density at radius 3 is 2.88 bits per heavy atom. The molecule has 1 fully saturated rings. The van der Waals surface area contributed by atoms with E-state index in [0.29, 0.717) is 35.6 Å². The predicted octanol–water partition coefficient (Wildman–Crippen LogP) is 0.199. The van der Waals surface area contributed by atoms with E-state index < -0.39 is 11.9 Å². The molecule has 1 unspecified atom stereocenters. The van der Waals surface area contributed by atoms with Crippen LogP contribution in [0.1, 0.15) is 40.0 Å². The molecule has 0 radical (unpaired) electrons. The summed E-state index contributed by atoms with van der Waals surface area (Å²) in [6, 6.07) is 10.2. The van der Waals surface area contributed by atoms with Crippen molar-refractivity contribution in [2.45, 2.75) is 32.0 Å². The summed E-state index contributed by atoms with van der Waals surface area (Å²) in [6.07, 6.45) is 2.11. The molecule has 10 nitrogen and oxygen atoms in total. The highest BCUT2D eigenvalue weighted by Crippen LogP contribution is 2.29. The minimum atomic E-state index is -0.653. The Morgan fingerprint density at radius 2 is 2.12 bits per heavy atom. The van der Waals surface area contributed by atoms with E-state index in [1.165, 1.54) is 9.91 Å². The number of rotatable bonds is 6. The lowest BCUT2D eigenvalue weighted by atomic mass is 10.0. The van der Waals surface area contributed by atoms with Crippen molar-refractivity contribution in [2.75, 3.05) is 12.1 Å². The van der Waals surface area contributed by atoms with Crippen LogP contribution in [0.4, 0.5) is 5.82 Å². The zero-order chi connectivity index (χ0) is 22.8. The molecule has 0 aliphatic carbocycles. The fourth-order valence-electron chi connectivity index (χ4n) is 3.93. The Balaban J connectivity index is 1.53. The highest BCUT2D eigenvalue weighted by Gasteiger charge is 2.39. The number of amides is 3. The van der Waals surface area contributed by atoms with Gasteiger partial charge in [-0.25, -0.2) is 10.8 Å². The average molecular weight is 435 g/mol. The second-order valence-corrected chi connectivity index (χ2v) is 7.78. The highest BCUT2D eigenvalue weighted by atomic mass is 16.2. The molecule has 10 heteroatoms. The van der Waals surface area contributed by atoms with E-state index in [-0.39, 0.29) is 24.8 Å². The molecule has 1 atom stereocenters. The monoisotopic (exact) mass is 435 g/mol. The Kier molecular flexibility index (Phi) is 5.89. The first-order valence-corrected chi connectivity index (χ1v) is 10.3. The molecule has 166 valence electrons. The molecule has 1 aromatic heterocycles. The predicted molar refractivity (Wildman–Crippen MR) is 118 cm³/mol. The van der Waals surface area contributed by atoms with Gasteiger partial charge in [0, 0.05) is 31.3 Å². The van der Waals surface area contributed by atoms with Gasteiger partial charge in [-0.1, -0.05) is 12.1 Å². The number of benzene rings is 1. The van der Waals surface area contributed by atoms with Gasteiger partial charge in [0.1, 0.15) is 11.9 Å². The largest absolute Gasteiger partial charge is 0.397 e. The van der Waals surface area contributed by atoms with Crippen LogP contribution in [0.5, 0.6) is 0 Å². The number of anilines is 1. The second kappa shape index (κ2) is 8.77. The summed E-state index contributed by atoms with van der Waals surface area (Å²) in [4.78, 5) is 42.4. The smallest absolute Gasteiger partial charge is 0.255 e. The summed E-state index contributed by atoms with van der Waals surface area (Å²) in [5.74, 6) is 5.71. The summed E-state index contributed by atoms with van der Waals surface area (Å²) in [5, 5.41) is 6.69. The van der Waals surface area contributed by atoms with Crippen LogP contribution in [-0.2, 0) is 22.7 Å². The third-order valence-corrected chi connectivity index (χ3v) is 5.55. The number of hydrogen-bond donors (Lipinski definition) is 4. The number of hydrogen-bond acceptors (Lipinski definition) is 8. The molecule has 2 aliphatic rings. The van der Waals surface area contributed by atoms with Gasteiger partial charge in [0.2, 0.25) is 11.8 Å². The summed E-state index contributed by atoms with van der Waals surface area (Å²) in [5.41, 5.74) is 9.52. The highest BCUT2D eigenvalue weighted by molar-refractivity contribution is 6.05. The van der Waals surface area contributed by atoms with Crippen LogP contribution in [0, 0.1) is 0 Å². The maximum Gasteiger partial charge on any atom is 0.255 e. The number of imide groups is 1. The van der Waals surface area contributed by atoms with Crippen molar-refractivity contribution in [3.05, 3.63) is 65.0 Å². The number of hydrazine groups is 1. The zero-order valence-corrected chi connectivity index (χ0v) is 17.7. The molecule has 2 aromatic rings. The first-order valence-electron chi connectivity index (χ1n) is 10.3. The van der Waals surface area contributed by atoms with Crippen LogP contribution in [-0.4, -0.2) is 40.7 Å². The van der Waals surface area contributed by atoms with Gasteiger partial charge in [-0.2, -0.15) is 0 Å². The van der Waals surface area contributed by atoms with Crippen molar-refractivity contribution < 1.29 is 14.4 Å². The van der Waals surface area contributed by atoms with Gasteiger partial charge < -0.3 is 16.0 Å². The molecule has 3 amide bonds. The number of fused-ring (bicyclic) bond motifs is 1. The first-order chi connectivity index (χ1) is 15.4. The number of nitrogens with one attached hydrogen (secondary N) is 2. The van der Waals surface area contributed by atoms with Gasteiger partial charge >= 0.3 is 0 Å².